The van der Waals surface area contributed by atoms with Crippen molar-refractivity contribution in [1.82, 2.24) is 14.9 Å². The van der Waals surface area contributed by atoms with Gasteiger partial charge in [-0.2, -0.15) is 4.36 Å². The minimum Gasteiger partial charge on any atom is -0.309 e. The topological polar surface area (TPSA) is 133 Å². The quantitative estimate of drug-likeness (QED) is 0.561. The van der Waals surface area contributed by atoms with Gasteiger partial charge in [-0.3, -0.25) is 14.8 Å². The second kappa shape index (κ2) is 9.83. The molecule has 9 nitrogen and oxygen atoms in total. The number of benzene rings is 1. The van der Waals surface area contributed by atoms with Crippen LogP contribution < -0.4 is 11.0 Å². The number of amidine groups is 2. The Hall–Kier alpha value is -2.72. The fraction of sp³-hybridized carbons (Fsp3) is 0.429. The molecule has 1 amide bonds. The predicted molar refractivity (Wildman–Crippen MR) is 127 cm³/mol. The average molecular weight is 479 g/mol. The van der Waals surface area contributed by atoms with Gasteiger partial charge in [-0.25, -0.2) is 14.0 Å². The van der Waals surface area contributed by atoms with E-state index in [1.807, 2.05) is 13.8 Å². The molecule has 0 bridgehead atoms. The van der Waals surface area contributed by atoms with Gasteiger partial charge in [-0.05, 0) is 30.5 Å². The molecule has 3 rings (SSSR count). The van der Waals surface area contributed by atoms with Gasteiger partial charge in [0.05, 0.1) is 6.54 Å². The van der Waals surface area contributed by atoms with Crippen molar-refractivity contribution in [2.45, 2.75) is 46.6 Å². The number of nitrogens with zero attached hydrogens (tertiary/aromatic N) is 3. The summed E-state index contributed by atoms with van der Waals surface area (Å²) in [6, 6.07) is 6.98. The van der Waals surface area contributed by atoms with Gasteiger partial charge in [0, 0.05) is 16.7 Å². The monoisotopic (exact) mass is 478 g/mol. The minimum absolute atomic E-state index is 0.0185. The highest BCUT2D eigenvalue weighted by atomic mass is 35.5. The molecular weight excluding hydrogens is 452 g/mol. The van der Waals surface area contributed by atoms with Crippen LogP contribution in [0.3, 0.4) is 0 Å². The first-order valence-electron chi connectivity index (χ1n) is 10.5. The van der Waals surface area contributed by atoms with E-state index in [1.54, 1.807) is 31.2 Å². The van der Waals surface area contributed by atoms with E-state index >= 15 is 0 Å². The van der Waals surface area contributed by atoms with Crippen molar-refractivity contribution < 1.29 is 9.00 Å². The Labute approximate surface area is 192 Å². The molecule has 2 unspecified atom stereocenters. The number of H-pyrrole nitrogens is 1. The molecule has 0 radical (unpaired) electrons. The number of aromatic amines is 1. The van der Waals surface area contributed by atoms with Crippen molar-refractivity contribution in [3.05, 3.63) is 51.0 Å². The van der Waals surface area contributed by atoms with Crippen LogP contribution in [0.15, 0.2) is 38.4 Å². The number of nitrogens with one attached hydrogen (secondary N) is 3. The Balaban J connectivity index is 2.13. The lowest BCUT2D eigenvalue weighted by molar-refractivity contribution is -0.123. The Bertz CT molecular complexity index is 1240. The summed E-state index contributed by atoms with van der Waals surface area (Å²) in [5.74, 6) is -0.381. The van der Waals surface area contributed by atoms with Gasteiger partial charge in [0.15, 0.2) is 11.7 Å². The van der Waals surface area contributed by atoms with Gasteiger partial charge in [-0.15, -0.1) is 0 Å². The number of rotatable bonds is 7. The van der Waals surface area contributed by atoms with Gasteiger partial charge in [0.2, 0.25) is 11.1 Å². The molecule has 3 N–H and O–H groups in total. The molecule has 2 atom stereocenters. The van der Waals surface area contributed by atoms with Crippen LogP contribution in [0.5, 0.6) is 0 Å². The van der Waals surface area contributed by atoms with Crippen molar-refractivity contribution in [3.63, 3.8) is 0 Å². The highest BCUT2D eigenvalue weighted by Gasteiger charge is 2.29. The van der Waals surface area contributed by atoms with E-state index in [9.17, 15) is 13.8 Å². The van der Waals surface area contributed by atoms with E-state index < -0.39 is 20.6 Å². The summed E-state index contributed by atoms with van der Waals surface area (Å²) in [5, 5.41) is 11.2. The zero-order chi connectivity index (χ0) is 23.5. The van der Waals surface area contributed by atoms with E-state index in [-0.39, 0.29) is 41.5 Å². The molecule has 0 fully saturated rings. The lowest BCUT2D eigenvalue weighted by Gasteiger charge is -2.12. The third-order valence-corrected chi connectivity index (χ3v) is 7.47. The zero-order valence-corrected chi connectivity index (χ0v) is 19.8. The van der Waals surface area contributed by atoms with Crippen LogP contribution in [0.25, 0.3) is 0 Å². The van der Waals surface area contributed by atoms with Gasteiger partial charge in [0.25, 0.3) is 0 Å². The number of carbonyl (C=O) groups is 1. The molecule has 2 aromatic rings. The molecule has 32 heavy (non-hydrogen) atoms. The van der Waals surface area contributed by atoms with E-state index in [2.05, 4.69) is 19.7 Å². The van der Waals surface area contributed by atoms with Gasteiger partial charge >= 0.3 is 5.69 Å². The summed E-state index contributed by atoms with van der Waals surface area (Å²) < 4.78 is 19.2. The predicted octanol–water partition coefficient (Wildman–Crippen LogP) is 3.63. The first kappa shape index (κ1) is 23.9. The molecule has 0 aliphatic carbocycles. The van der Waals surface area contributed by atoms with E-state index in [1.165, 1.54) is 4.57 Å². The number of fused-ring (bicyclic) bond motifs is 1. The van der Waals surface area contributed by atoms with Crippen LogP contribution in [0.1, 0.15) is 51.3 Å². The summed E-state index contributed by atoms with van der Waals surface area (Å²) in [6.45, 7) is 5.75. The number of aromatic nitrogens is 2. The fourth-order valence-electron chi connectivity index (χ4n) is 3.37. The van der Waals surface area contributed by atoms with Crippen molar-refractivity contribution >= 4 is 44.1 Å². The van der Waals surface area contributed by atoms with Gasteiger partial charge in [-0.1, -0.05) is 50.9 Å². The van der Waals surface area contributed by atoms with E-state index in [0.29, 0.717) is 17.9 Å². The summed E-state index contributed by atoms with van der Waals surface area (Å²) in [4.78, 5) is 32.3. The number of carbonyl (C=O) groups excluding carboxylic acids is 1. The smallest absolute Gasteiger partial charge is 0.309 e. The number of amides is 1. The molecule has 0 spiro atoms. The van der Waals surface area contributed by atoms with Gasteiger partial charge < -0.3 is 10.3 Å². The van der Waals surface area contributed by atoms with Crippen LogP contribution in [-0.4, -0.2) is 36.4 Å². The highest BCUT2D eigenvalue weighted by Crippen LogP contribution is 2.25. The molecule has 11 heteroatoms. The summed E-state index contributed by atoms with van der Waals surface area (Å²) in [6.07, 6.45) is 2.02. The number of hydrogen-bond donors (Lipinski definition) is 3. The molecule has 1 aromatic heterocycles. The molecule has 2 heterocycles. The lowest BCUT2D eigenvalue weighted by atomic mass is 10.1. The lowest BCUT2D eigenvalue weighted by Crippen LogP contribution is -2.36. The highest BCUT2D eigenvalue weighted by molar-refractivity contribution is 8.08. The molecule has 172 valence electrons. The second-order valence-corrected chi connectivity index (χ2v) is 10.4. The van der Waals surface area contributed by atoms with Crippen molar-refractivity contribution in [3.8, 4) is 0 Å². The number of imidazole rings is 1. The van der Waals surface area contributed by atoms with E-state index in [4.69, 9.17) is 17.0 Å². The third-order valence-electron chi connectivity index (χ3n) is 5.09. The maximum Gasteiger partial charge on any atom is 0.328 e. The second-order valence-electron chi connectivity index (χ2n) is 7.72. The third kappa shape index (κ3) is 5.02. The van der Waals surface area contributed by atoms with Gasteiger partial charge in [0.1, 0.15) is 15.4 Å². The largest absolute Gasteiger partial charge is 0.328 e. The Morgan fingerprint density at radius 2 is 1.97 bits per heavy atom. The first-order chi connectivity index (χ1) is 15.2. The van der Waals surface area contributed by atoms with Crippen molar-refractivity contribution in [2.75, 3.05) is 5.75 Å². The van der Waals surface area contributed by atoms with Crippen LogP contribution in [-0.2, 0) is 21.1 Å². The van der Waals surface area contributed by atoms with Crippen molar-refractivity contribution in [2.24, 2.45) is 15.3 Å². The summed E-state index contributed by atoms with van der Waals surface area (Å²) >= 11 is 5.95. The van der Waals surface area contributed by atoms with Crippen LogP contribution in [0.4, 0.5) is 5.82 Å². The minimum atomic E-state index is -3.21. The number of hydrogen-bond acceptors (Lipinski definition) is 5. The fourth-order valence-corrected chi connectivity index (χ4v) is 5.12. The summed E-state index contributed by atoms with van der Waals surface area (Å²) in [7, 11) is -3.21. The number of halogens is 1. The SMILES string of the molecule is CCCC(C)C(=O)NC1=NC(=N)S(=O)(CCC)=Nc2c1[nH]c(=O)n2Cc1ccc(Cl)cc1. The molecule has 1 aromatic carbocycles. The van der Waals surface area contributed by atoms with Crippen LogP contribution in [0.2, 0.25) is 5.02 Å². The van der Waals surface area contributed by atoms with Crippen LogP contribution in [0, 0.1) is 11.3 Å². The average Bonchev–Trinajstić information content (AvgIpc) is 2.99. The van der Waals surface area contributed by atoms with Crippen molar-refractivity contribution in [1.29, 1.82) is 5.41 Å². The Kier molecular flexibility index (Phi) is 7.35. The Morgan fingerprint density at radius 1 is 1.28 bits per heavy atom. The van der Waals surface area contributed by atoms with Crippen LogP contribution >= 0.6 is 11.6 Å². The normalized spacial score (nSPS) is 18.9. The molecular formula is C21H27ClN6O3S. The van der Waals surface area contributed by atoms with E-state index in [0.717, 1.165) is 12.0 Å². The Morgan fingerprint density at radius 3 is 2.59 bits per heavy atom. The summed E-state index contributed by atoms with van der Waals surface area (Å²) in [5.41, 5.74) is 0.449. The first-order valence-corrected chi connectivity index (χ1v) is 12.5. The molecule has 0 saturated heterocycles. The molecule has 1 aliphatic rings. The molecule has 1 aliphatic heterocycles. The zero-order valence-electron chi connectivity index (χ0n) is 18.3. The maximum atomic E-state index is 13.5. The standard InChI is InChI=1S/C21H27ClN6O3S/c1-4-6-13(3)19(29)25-17-16-18(27-32(31,11-5-2)20(23)26-17)28(21(30)24-16)12-14-7-9-15(22)10-8-14/h7-10,13H,4-6,11-12H2,1-3H3,(H,24,30)(H2,23,25,26,29). The number of aliphatic imine (C=N–C) groups is 1. The maximum absolute atomic E-state index is 13.5. The molecule has 0 saturated carbocycles.